The molecule has 0 aliphatic heterocycles. The molecule has 5 aromatic rings. The monoisotopic (exact) mass is 391 g/mol. The van der Waals surface area contributed by atoms with E-state index in [9.17, 15) is 9.90 Å². The van der Waals surface area contributed by atoms with E-state index in [1.165, 1.54) is 4.57 Å². The highest BCUT2D eigenvalue weighted by molar-refractivity contribution is 6.02. The van der Waals surface area contributed by atoms with E-state index in [1.807, 2.05) is 48.5 Å². The first-order chi connectivity index (χ1) is 14.7. The molecule has 0 atom stereocenters. The fourth-order valence-corrected chi connectivity index (χ4v) is 3.58. The topological polar surface area (TPSA) is 67.5 Å². The average molecular weight is 391 g/mol. The summed E-state index contributed by atoms with van der Waals surface area (Å²) < 4.78 is 1.21. The molecular formula is C25H17N3O2. The molecule has 144 valence electrons. The lowest BCUT2D eigenvalue weighted by Gasteiger charge is -2.12. The molecule has 0 aliphatic carbocycles. The molecule has 1 N–H and O–H groups in total. The van der Waals surface area contributed by atoms with Crippen LogP contribution in [0.5, 0.6) is 5.88 Å². The van der Waals surface area contributed by atoms with Gasteiger partial charge in [-0.1, -0.05) is 54.6 Å². The molecule has 0 unspecified atom stereocenters. The summed E-state index contributed by atoms with van der Waals surface area (Å²) in [6.45, 7) is 0. The largest absolute Gasteiger partial charge is 0.494 e. The third-order valence-electron chi connectivity index (χ3n) is 5.06. The Morgan fingerprint density at radius 3 is 2.37 bits per heavy atom. The van der Waals surface area contributed by atoms with E-state index in [1.54, 1.807) is 48.8 Å². The van der Waals surface area contributed by atoms with Gasteiger partial charge in [0.25, 0.3) is 5.56 Å². The normalized spacial score (nSPS) is 11.5. The van der Waals surface area contributed by atoms with Crippen molar-refractivity contribution in [2.45, 2.75) is 0 Å². The Morgan fingerprint density at radius 1 is 0.833 bits per heavy atom. The number of rotatable bonds is 3. The van der Waals surface area contributed by atoms with Gasteiger partial charge in [-0.05, 0) is 41.1 Å². The smallest absolute Gasteiger partial charge is 0.267 e. The zero-order chi connectivity index (χ0) is 20.5. The molecule has 0 aliphatic rings. The Morgan fingerprint density at radius 2 is 1.57 bits per heavy atom. The molecule has 2 heterocycles. The number of nitrogens with zero attached hydrogens (tertiary/aromatic N) is 3. The second-order valence-electron chi connectivity index (χ2n) is 6.90. The summed E-state index contributed by atoms with van der Waals surface area (Å²) in [5.41, 5.74) is 0.890. The van der Waals surface area contributed by atoms with Crippen molar-refractivity contribution >= 4 is 33.4 Å². The highest BCUT2D eigenvalue weighted by Gasteiger charge is 2.16. The number of fused-ring (bicyclic) bond motifs is 2. The third-order valence-corrected chi connectivity index (χ3v) is 5.06. The fraction of sp³-hybridized carbons (Fsp3) is 0. The third kappa shape index (κ3) is 3.02. The van der Waals surface area contributed by atoms with Crippen molar-refractivity contribution in [1.29, 1.82) is 0 Å². The average Bonchev–Trinajstić information content (AvgIpc) is 2.80. The molecule has 5 rings (SSSR count). The van der Waals surface area contributed by atoms with Gasteiger partial charge in [0.15, 0.2) is 0 Å². The lowest BCUT2D eigenvalue weighted by Crippen LogP contribution is -2.20. The molecule has 0 saturated heterocycles. The van der Waals surface area contributed by atoms with Crippen molar-refractivity contribution in [3.05, 3.63) is 107 Å². The van der Waals surface area contributed by atoms with Crippen molar-refractivity contribution in [1.82, 2.24) is 9.55 Å². The predicted octanol–water partition coefficient (Wildman–Crippen LogP) is 5.00. The van der Waals surface area contributed by atoms with Gasteiger partial charge in [0.1, 0.15) is 5.82 Å². The summed E-state index contributed by atoms with van der Waals surface area (Å²) in [5.74, 6) is 0.160. The number of pyridine rings is 2. The van der Waals surface area contributed by atoms with Crippen LogP contribution in [-0.4, -0.2) is 20.9 Å². The summed E-state index contributed by atoms with van der Waals surface area (Å²) in [6.07, 6.45) is 3.18. The van der Waals surface area contributed by atoms with E-state index in [4.69, 9.17) is 0 Å². The van der Waals surface area contributed by atoms with E-state index in [2.05, 4.69) is 9.98 Å². The minimum absolute atomic E-state index is 0.193. The van der Waals surface area contributed by atoms with Crippen LogP contribution in [0.4, 0.5) is 5.69 Å². The molecule has 5 nitrogen and oxygen atoms in total. The molecule has 2 aromatic heterocycles. The maximum atomic E-state index is 13.0. The van der Waals surface area contributed by atoms with Gasteiger partial charge < -0.3 is 5.11 Å². The molecule has 0 saturated carbocycles. The number of benzene rings is 3. The number of aliphatic imine (C=N–C) groups is 1. The number of hydrogen-bond acceptors (Lipinski definition) is 4. The molecule has 0 bridgehead atoms. The minimum Gasteiger partial charge on any atom is -0.494 e. The number of aromatic hydroxyl groups is 1. The Hall–Kier alpha value is -4.25. The van der Waals surface area contributed by atoms with Crippen LogP contribution in [-0.2, 0) is 0 Å². The van der Waals surface area contributed by atoms with E-state index in [-0.39, 0.29) is 11.4 Å². The minimum atomic E-state index is -0.329. The lowest BCUT2D eigenvalue weighted by molar-refractivity contribution is 0.435. The molecule has 0 spiro atoms. The summed E-state index contributed by atoms with van der Waals surface area (Å²) >= 11 is 0. The SMILES string of the molecule is O=c1c2ccccc2c(C=Nc2ccc3ccccc3c2)c(O)n1-c1ccccn1. The highest BCUT2D eigenvalue weighted by atomic mass is 16.3. The van der Waals surface area contributed by atoms with Crippen LogP contribution >= 0.6 is 0 Å². The van der Waals surface area contributed by atoms with Gasteiger partial charge in [-0.15, -0.1) is 0 Å². The Labute approximate surface area is 172 Å². The summed E-state index contributed by atoms with van der Waals surface area (Å²) in [5, 5.41) is 14.3. The van der Waals surface area contributed by atoms with E-state index in [0.29, 0.717) is 22.2 Å². The van der Waals surface area contributed by atoms with Gasteiger partial charge in [0.2, 0.25) is 5.88 Å². The first kappa shape index (κ1) is 17.8. The maximum Gasteiger partial charge on any atom is 0.267 e. The second-order valence-corrected chi connectivity index (χ2v) is 6.90. The molecule has 3 aromatic carbocycles. The molecule has 0 amide bonds. The van der Waals surface area contributed by atoms with Crippen LogP contribution in [0.1, 0.15) is 5.56 Å². The zero-order valence-electron chi connectivity index (χ0n) is 15.9. The van der Waals surface area contributed by atoms with E-state index >= 15 is 0 Å². The van der Waals surface area contributed by atoms with Crippen LogP contribution in [0.15, 0.2) is 101 Å². The first-order valence-electron chi connectivity index (χ1n) is 9.53. The summed E-state index contributed by atoms with van der Waals surface area (Å²) in [7, 11) is 0. The van der Waals surface area contributed by atoms with Gasteiger partial charge in [-0.25, -0.2) is 9.55 Å². The van der Waals surface area contributed by atoms with Crippen molar-refractivity contribution < 1.29 is 5.11 Å². The van der Waals surface area contributed by atoms with Crippen molar-refractivity contribution in [3.8, 4) is 11.7 Å². The quantitative estimate of drug-likeness (QED) is 0.440. The first-order valence-corrected chi connectivity index (χ1v) is 9.53. The maximum absolute atomic E-state index is 13.0. The molecule has 0 fully saturated rings. The number of hydrogen-bond donors (Lipinski definition) is 1. The van der Waals surface area contributed by atoms with Crippen LogP contribution in [0.25, 0.3) is 27.4 Å². The second kappa shape index (κ2) is 7.29. The van der Waals surface area contributed by atoms with Gasteiger partial charge in [0, 0.05) is 23.2 Å². The van der Waals surface area contributed by atoms with Crippen LogP contribution in [0, 0.1) is 0 Å². The summed E-state index contributed by atoms with van der Waals surface area (Å²) in [6, 6.07) is 26.4. The van der Waals surface area contributed by atoms with Gasteiger partial charge in [-0.3, -0.25) is 9.79 Å². The van der Waals surface area contributed by atoms with Crippen molar-refractivity contribution in [2.24, 2.45) is 4.99 Å². The molecule has 5 heteroatoms. The molecule has 0 radical (unpaired) electrons. The predicted molar refractivity (Wildman–Crippen MR) is 120 cm³/mol. The van der Waals surface area contributed by atoms with Crippen LogP contribution < -0.4 is 5.56 Å². The Bertz CT molecular complexity index is 1470. The van der Waals surface area contributed by atoms with E-state index < -0.39 is 0 Å². The Balaban J connectivity index is 1.71. The Kier molecular flexibility index (Phi) is 4.33. The molecule has 30 heavy (non-hydrogen) atoms. The number of aromatic nitrogens is 2. The standard InChI is InChI=1S/C25H17N3O2/c29-24-21-10-4-3-9-20(21)22(25(30)28(24)23-11-5-6-14-26-23)16-27-19-13-12-17-7-1-2-8-18(17)15-19/h1-16,30H. The molecular weight excluding hydrogens is 374 g/mol. The van der Waals surface area contributed by atoms with Crippen LogP contribution in [0.3, 0.4) is 0 Å². The zero-order valence-corrected chi connectivity index (χ0v) is 15.9. The van der Waals surface area contributed by atoms with E-state index in [0.717, 1.165) is 16.5 Å². The highest BCUT2D eigenvalue weighted by Crippen LogP contribution is 2.27. The van der Waals surface area contributed by atoms with Gasteiger partial charge >= 0.3 is 0 Å². The summed E-state index contributed by atoms with van der Waals surface area (Å²) in [4.78, 5) is 21.9. The van der Waals surface area contributed by atoms with Crippen molar-refractivity contribution in [3.63, 3.8) is 0 Å². The lowest BCUT2D eigenvalue weighted by atomic mass is 10.1. The van der Waals surface area contributed by atoms with Crippen LogP contribution in [0.2, 0.25) is 0 Å². The van der Waals surface area contributed by atoms with Gasteiger partial charge in [0.05, 0.1) is 11.3 Å². The van der Waals surface area contributed by atoms with Gasteiger partial charge in [-0.2, -0.15) is 0 Å². The fourth-order valence-electron chi connectivity index (χ4n) is 3.58. The van der Waals surface area contributed by atoms with Crippen molar-refractivity contribution in [2.75, 3.05) is 0 Å².